The number of benzene rings is 1. The van der Waals surface area contributed by atoms with Crippen molar-refractivity contribution in [2.75, 3.05) is 5.32 Å². The van der Waals surface area contributed by atoms with Crippen LogP contribution in [0.4, 0.5) is 5.13 Å². The molecule has 0 saturated heterocycles. The van der Waals surface area contributed by atoms with Crippen LogP contribution < -0.4 is 5.32 Å². The Morgan fingerprint density at radius 3 is 2.79 bits per heavy atom. The minimum atomic E-state index is 0.543. The summed E-state index contributed by atoms with van der Waals surface area (Å²) >= 11 is 1.78. The van der Waals surface area contributed by atoms with E-state index in [0.29, 0.717) is 6.04 Å². The molecule has 1 atom stereocenters. The van der Waals surface area contributed by atoms with Gasteiger partial charge in [-0.1, -0.05) is 42.7 Å². The van der Waals surface area contributed by atoms with Crippen LogP contribution in [0.5, 0.6) is 0 Å². The summed E-state index contributed by atoms with van der Waals surface area (Å²) in [5.74, 6) is 0.821. The minimum absolute atomic E-state index is 0.543. The number of anilines is 1. The van der Waals surface area contributed by atoms with E-state index in [2.05, 4.69) is 37.4 Å². The fourth-order valence-electron chi connectivity index (χ4n) is 3.09. The quantitative estimate of drug-likeness (QED) is 0.853. The number of nitrogens with zero attached hydrogens (tertiary/aromatic N) is 1. The highest BCUT2D eigenvalue weighted by molar-refractivity contribution is 7.22. The van der Waals surface area contributed by atoms with E-state index in [0.717, 1.165) is 16.6 Å². The molecule has 3 rings (SSSR count). The Hall–Kier alpha value is -1.09. The number of nitrogens with one attached hydrogen (secondary N) is 1. The normalized spacial score (nSPS) is 18.6. The van der Waals surface area contributed by atoms with Crippen LogP contribution in [0.25, 0.3) is 10.2 Å². The molecule has 1 aromatic carbocycles. The monoisotopic (exact) mass is 274 g/mol. The predicted octanol–water partition coefficient (Wildman–Crippen LogP) is 4.99. The molecular formula is C16H22N2S. The lowest BCUT2D eigenvalue weighted by atomic mass is 9.85. The van der Waals surface area contributed by atoms with E-state index in [4.69, 9.17) is 4.98 Å². The number of fused-ring (bicyclic) bond motifs is 1. The summed E-state index contributed by atoms with van der Waals surface area (Å²) in [6.45, 7) is 4.45. The molecule has 2 aromatic rings. The lowest BCUT2D eigenvalue weighted by Gasteiger charge is -2.28. The largest absolute Gasteiger partial charge is 0.359 e. The Kier molecular flexibility index (Phi) is 3.74. The van der Waals surface area contributed by atoms with Crippen molar-refractivity contribution in [3.8, 4) is 0 Å². The third kappa shape index (κ3) is 2.76. The van der Waals surface area contributed by atoms with Crippen LogP contribution in [0.3, 0.4) is 0 Å². The van der Waals surface area contributed by atoms with Crippen molar-refractivity contribution in [3.05, 3.63) is 23.8 Å². The van der Waals surface area contributed by atoms with E-state index in [1.54, 1.807) is 11.3 Å². The Morgan fingerprint density at radius 1 is 1.26 bits per heavy atom. The molecule has 0 radical (unpaired) electrons. The van der Waals surface area contributed by atoms with Crippen molar-refractivity contribution in [2.24, 2.45) is 5.92 Å². The van der Waals surface area contributed by atoms with Crippen molar-refractivity contribution >= 4 is 26.7 Å². The summed E-state index contributed by atoms with van der Waals surface area (Å²) in [6.07, 6.45) is 6.96. The number of rotatable bonds is 3. The highest BCUT2D eigenvalue weighted by atomic mass is 32.1. The summed E-state index contributed by atoms with van der Waals surface area (Å²) in [4.78, 5) is 4.75. The number of hydrogen-bond donors (Lipinski definition) is 1. The molecule has 1 N–H and O–H groups in total. The van der Waals surface area contributed by atoms with E-state index in [-0.39, 0.29) is 0 Å². The Bertz CT molecular complexity index is 555. The molecule has 1 aromatic heterocycles. The molecule has 1 unspecified atom stereocenters. The number of thiazole rings is 1. The fraction of sp³-hybridized carbons (Fsp3) is 0.562. The second kappa shape index (κ2) is 5.49. The highest BCUT2D eigenvalue weighted by Crippen LogP contribution is 2.31. The van der Waals surface area contributed by atoms with Gasteiger partial charge in [-0.3, -0.25) is 0 Å². The summed E-state index contributed by atoms with van der Waals surface area (Å²) < 4.78 is 1.29. The van der Waals surface area contributed by atoms with Crippen LogP contribution in [0, 0.1) is 12.8 Å². The average Bonchev–Trinajstić information content (AvgIpc) is 2.84. The molecule has 0 bridgehead atoms. The molecule has 1 fully saturated rings. The molecule has 1 aliphatic rings. The van der Waals surface area contributed by atoms with Gasteiger partial charge in [-0.2, -0.15) is 0 Å². The van der Waals surface area contributed by atoms with Crippen molar-refractivity contribution in [1.29, 1.82) is 0 Å². The van der Waals surface area contributed by atoms with Crippen LogP contribution in [0.2, 0.25) is 0 Å². The van der Waals surface area contributed by atoms with Crippen LogP contribution in [-0.2, 0) is 0 Å². The van der Waals surface area contributed by atoms with Crippen LogP contribution in [0.1, 0.15) is 44.6 Å². The zero-order chi connectivity index (χ0) is 13.2. The number of para-hydroxylation sites is 1. The van der Waals surface area contributed by atoms with Crippen molar-refractivity contribution in [1.82, 2.24) is 4.98 Å². The van der Waals surface area contributed by atoms with Crippen molar-refractivity contribution < 1.29 is 0 Å². The maximum Gasteiger partial charge on any atom is 0.184 e. The van der Waals surface area contributed by atoms with Gasteiger partial charge in [0.25, 0.3) is 0 Å². The van der Waals surface area contributed by atoms with Gasteiger partial charge in [-0.05, 0) is 44.2 Å². The van der Waals surface area contributed by atoms with Crippen molar-refractivity contribution in [3.63, 3.8) is 0 Å². The second-order valence-corrected chi connectivity index (χ2v) is 6.80. The SMILES string of the molecule is Cc1cccc2sc(NC(C)C3CCCCC3)nc12. The van der Waals surface area contributed by atoms with Crippen LogP contribution in [-0.4, -0.2) is 11.0 Å². The summed E-state index contributed by atoms with van der Waals surface area (Å²) in [6, 6.07) is 6.96. The zero-order valence-electron chi connectivity index (χ0n) is 11.8. The first-order valence-corrected chi connectivity index (χ1v) is 8.18. The van der Waals surface area contributed by atoms with E-state index < -0.39 is 0 Å². The van der Waals surface area contributed by atoms with Gasteiger partial charge in [0.1, 0.15) is 0 Å². The van der Waals surface area contributed by atoms with Crippen molar-refractivity contribution in [2.45, 2.75) is 52.0 Å². The number of aryl methyl sites for hydroxylation is 1. The predicted molar refractivity (Wildman–Crippen MR) is 84.0 cm³/mol. The molecule has 1 aliphatic carbocycles. The molecule has 1 saturated carbocycles. The van der Waals surface area contributed by atoms with Gasteiger partial charge in [0.05, 0.1) is 10.2 Å². The minimum Gasteiger partial charge on any atom is -0.359 e. The van der Waals surface area contributed by atoms with Gasteiger partial charge in [0.15, 0.2) is 5.13 Å². The number of hydrogen-bond acceptors (Lipinski definition) is 3. The van der Waals surface area contributed by atoms with Crippen LogP contribution in [0.15, 0.2) is 18.2 Å². The highest BCUT2D eigenvalue weighted by Gasteiger charge is 2.20. The molecular weight excluding hydrogens is 252 g/mol. The van der Waals surface area contributed by atoms with E-state index >= 15 is 0 Å². The zero-order valence-corrected chi connectivity index (χ0v) is 12.6. The second-order valence-electron chi connectivity index (χ2n) is 5.77. The molecule has 0 spiro atoms. The van der Waals surface area contributed by atoms with E-state index in [9.17, 15) is 0 Å². The molecule has 0 amide bonds. The van der Waals surface area contributed by atoms with Gasteiger partial charge in [-0.25, -0.2) is 4.98 Å². The maximum atomic E-state index is 4.75. The van der Waals surface area contributed by atoms with E-state index in [1.165, 1.54) is 42.4 Å². The van der Waals surface area contributed by atoms with Gasteiger partial charge in [0, 0.05) is 6.04 Å². The van der Waals surface area contributed by atoms with Gasteiger partial charge in [0.2, 0.25) is 0 Å². The maximum absolute atomic E-state index is 4.75. The smallest absolute Gasteiger partial charge is 0.184 e. The van der Waals surface area contributed by atoms with E-state index in [1.807, 2.05) is 0 Å². The topological polar surface area (TPSA) is 24.9 Å². The first-order chi connectivity index (χ1) is 9.24. The Labute approximate surface area is 119 Å². The molecule has 19 heavy (non-hydrogen) atoms. The first kappa shape index (κ1) is 12.9. The third-order valence-electron chi connectivity index (χ3n) is 4.33. The molecule has 2 nitrogen and oxygen atoms in total. The molecule has 102 valence electrons. The standard InChI is InChI=1S/C16H22N2S/c1-11-7-6-10-14-15(11)18-16(19-14)17-12(2)13-8-4-3-5-9-13/h6-7,10,12-13H,3-5,8-9H2,1-2H3,(H,17,18). The van der Waals surface area contributed by atoms with Gasteiger partial charge in [-0.15, -0.1) is 0 Å². The lowest BCUT2D eigenvalue weighted by Crippen LogP contribution is -2.27. The number of aromatic nitrogens is 1. The van der Waals surface area contributed by atoms with Gasteiger partial charge < -0.3 is 5.32 Å². The molecule has 0 aliphatic heterocycles. The third-order valence-corrected chi connectivity index (χ3v) is 5.28. The molecule has 1 heterocycles. The first-order valence-electron chi connectivity index (χ1n) is 7.37. The molecule has 3 heteroatoms. The Morgan fingerprint density at radius 2 is 2.05 bits per heavy atom. The summed E-state index contributed by atoms with van der Waals surface area (Å²) in [5, 5.41) is 4.72. The summed E-state index contributed by atoms with van der Waals surface area (Å²) in [5.41, 5.74) is 2.43. The Balaban J connectivity index is 1.75. The fourth-order valence-corrected chi connectivity index (χ4v) is 4.13. The van der Waals surface area contributed by atoms with Gasteiger partial charge >= 0.3 is 0 Å². The average molecular weight is 274 g/mol. The van der Waals surface area contributed by atoms with Crippen LogP contribution >= 0.6 is 11.3 Å². The lowest BCUT2D eigenvalue weighted by molar-refractivity contribution is 0.328. The summed E-state index contributed by atoms with van der Waals surface area (Å²) in [7, 11) is 0.